The largest absolute Gasteiger partial charge is 0.375 e. The van der Waals surface area contributed by atoms with Crippen LogP contribution in [0.2, 0.25) is 0 Å². The molecule has 3 aliphatic rings. The molecule has 196 valence electrons. The molecule has 3 heteroatoms. The van der Waals surface area contributed by atoms with E-state index in [1.807, 2.05) is 0 Å². The van der Waals surface area contributed by atoms with Crippen LogP contribution in [0.4, 0.5) is 17.1 Å². The molecular weight excluding hydrogens is 507 g/mol. The van der Waals surface area contributed by atoms with E-state index in [2.05, 4.69) is 151 Å². The third kappa shape index (κ3) is 2.59. The van der Waals surface area contributed by atoms with Crippen molar-refractivity contribution in [3.05, 3.63) is 139 Å². The molecule has 0 bridgehead atoms. The Balaban J connectivity index is 1.34. The van der Waals surface area contributed by atoms with E-state index in [1.54, 1.807) is 0 Å². The fourth-order valence-electron chi connectivity index (χ4n) is 8.37. The first-order valence-electron chi connectivity index (χ1n) is 14.9. The van der Waals surface area contributed by atoms with E-state index < -0.39 is 0 Å². The maximum Gasteiger partial charge on any atom is 0.330 e. The highest BCUT2D eigenvalue weighted by molar-refractivity contribution is 6.91. The minimum atomic E-state index is -0.140. The molecule has 0 saturated heterocycles. The van der Waals surface area contributed by atoms with Gasteiger partial charge in [0.25, 0.3) is 0 Å². The summed E-state index contributed by atoms with van der Waals surface area (Å²) >= 11 is 0. The summed E-state index contributed by atoms with van der Waals surface area (Å²) in [4.78, 5) is 2.49. The van der Waals surface area contributed by atoms with E-state index in [4.69, 9.17) is 0 Å². The van der Waals surface area contributed by atoms with Crippen LogP contribution in [0.1, 0.15) is 25.0 Å². The molecule has 0 spiro atoms. The number of rotatable bonds is 1. The number of benzene rings is 6. The van der Waals surface area contributed by atoms with Crippen molar-refractivity contribution in [3.63, 3.8) is 0 Å². The minimum absolute atomic E-state index is 0.131. The summed E-state index contributed by atoms with van der Waals surface area (Å²) in [5.41, 5.74) is 17.3. The Labute approximate surface area is 245 Å². The average molecular weight is 534 g/mol. The molecule has 0 radical (unpaired) electrons. The van der Waals surface area contributed by atoms with Gasteiger partial charge in [0.15, 0.2) is 0 Å². The van der Waals surface area contributed by atoms with E-state index in [0.717, 1.165) is 0 Å². The van der Waals surface area contributed by atoms with Gasteiger partial charge in [-0.15, -0.1) is 0 Å². The molecule has 0 amide bonds. The molecule has 4 heterocycles. The number of nitrogens with zero attached hydrogens (tertiary/aromatic N) is 2. The van der Waals surface area contributed by atoms with Gasteiger partial charge < -0.3 is 9.38 Å². The fourth-order valence-corrected chi connectivity index (χ4v) is 8.37. The molecule has 1 aromatic heterocycles. The zero-order chi connectivity index (χ0) is 27.7. The Morgan fingerprint density at radius 3 is 2.12 bits per heavy atom. The van der Waals surface area contributed by atoms with Gasteiger partial charge in [0.1, 0.15) is 0 Å². The monoisotopic (exact) mass is 534 g/mol. The molecular formula is C39H27BN2. The first-order chi connectivity index (χ1) is 20.6. The fraction of sp³-hybridized carbons (Fsp3) is 0.0769. The molecule has 0 aliphatic carbocycles. The molecule has 3 aliphatic heterocycles. The third-order valence-electron chi connectivity index (χ3n) is 10.2. The number of hydrogen-bond donors (Lipinski definition) is 0. The number of fused-ring (bicyclic) bond motifs is 10. The van der Waals surface area contributed by atoms with Gasteiger partial charge in [0.05, 0.1) is 5.69 Å². The van der Waals surface area contributed by atoms with Crippen LogP contribution in [-0.4, -0.2) is 11.3 Å². The highest BCUT2D eigenvalue weighted by Gasteiger charge is 2.45. The number of aromatic nitrogens is 1. The summed E-state index contributed by atoms with van der Waals surface area (Å²) in [7, 11) is 0. The summed E-state index contributed by atoms with van der Waals surface area (Å²) in [5, 5.41) is 2.67. The van der Waals surface area contributed by atoms with Crippen LogP contribution in [0, 0.1) is 0 Å². The zero-order valence-electron chi connectivity index (χ0n) is 23.6. The first-order valence-corrected chi connectivity index (χ1v) is 14.9. The van der Waals surface area contributed by atoms with Crippen molar-refractivity contribution in [2.75, 3.05) is 4.90 Å². The highest BCUT2D eigenvalue weighted by atomic mass is 15.2. The Kier molecular flexibility index (Phi) is 4.11. The van der Waals surface area contributed by atoms with Crippen LogP contribution in [0.25, 0.3) is 44.1 Å². The van der Waals surface area contributed by atoms with Crippen molar-refractivity contribution in [3.8, 4) is 22.3 Å². The highest BCUT2D eigenvalue weighted by Crippen LogP contribution is 2.53. The minimum Gasteiger partial charge on any atom is -0.375 e. The maximum atomic E-state index is 2.64. The number of para-hydroxylation sites is 4. The number of hydrogen-bond acceptors (Lipinski definition) is 1. The Morgan fingerprint density at radius 1 is 0.548 bits per heavy atom. The lowest BCUT2D eigenvalue weighted by atomic mass is 9.50. The molecule has 42 heavy (non-hydrogen) atoms. The van der Waals surface area contributed by atoms with E-state index >= 15 is 0 Å². The van der Waals surface area contributed by atoms with Gasteiger partial charge >= 0.3 is 6.85 Å². The van der Waals surface area contributed by atoms with Gasteiger partial charge in [0, 0.05) is 44.2 Å². The second kappa shape index (κ2) is 7.63. The first kappa shape index (κ1) is 22.6. The summed E-state index contributed by atoms with van der Waals surface area (Å²) in [6.07, 6.45) is 0. The third-order valence-corrected chi connectivity index (χ3v) is 10.2. The van der Waals surface area contributed by atoms with Crippen LogP contribution >= 0.6 is 0 Å². The maximum absolute atomic E-state index is 2.64. The summed E-state index contributed by atoms with van der Waals surface area (Å²) in [5.74, 6) is 0. The van der Waals surface area contributed by atoms with Crippen molar-refractivity contribution in [2.24, 2.45) is 0 Å². The van der Waals surface area contributed by atoms with Crippen molar-refractivity contribution < 1.29 is 0 Å². The van der Waals surface area contributed by atoms with Crippen molar-refractivity contribution in [1.82, 2.24) is 4.48 Å². The predicted octanol–water partition coefficient (Wildman–Crippen LogP) is 8.52. The quantitative estimate of drug-likeness (QED) is 0.192. The van der Waals surface area contributed by atoms with Crippen LogP contribution in [0.5, 0.6) is 0 Å². The van der Waals surface area contributed by atoms with Gasteiger partial charge in [-0.2, -0.15) is 0 Å². The molecule has 10 rings (SSSR count). The smallest absolute Gasteiger partial charge is 0.330 e. The van der Waals surface area contributed by atoms with Crippen molar-refractivity contribution >= 4 is 56.6 Å². The number of anilines is 3. The summed E-state index contributed by atoms with van der Waals surface area (Å²) in [6.45, 7) is 4.91. The molecule has 2 nitrogen and oxygen atoms in total. The van der Waals surface area contributed by atoms with Gasteiger partial charge in [0.2, 0.25) is 0 Å². The standard InChI is InChI=1S/C39H27BN2/c1-39(2)31-19-7-9-21-35(31)41(24-12-4-3-5-13-24)36-23-33-30(22-32(36)39)27-16-10-15-26-29-18-11-17-28-25-14-6-8-20-34(25)42(38(28)29)40(33)37(26)27/h3-23H,1-2H3. The SMILES string of the molecule is CC1(C)c2ccccc2N(c2ccccc2)c2cc3c(cc21)-c1cccc2c1B3n1c3ccccc3c3cccc-2c31. The van der Waals surface area contributed by atoms with Crippen LogP contribution in [0.15, 0.2) is 127 Å². The lowest BCUT2D eigenvalue weighted by Crippen LogP contribution is -2.48. The Bertz CT molecular complexity index is 2290. The molecule has 0 N–H and O–H groups in total. The zero-order valence-corrected chi connectivity index (χ0v) is 23.6. The van der Waals surface area contributed by atoms with E-state index in [-0.39, 0.29) is 12.3 Å². The van der Waals surface area contributed by atoms with Gasteiger partial charge in [-0.05, 0) is 75.1 Å². The molecule has 6 aromatic carbocycles. The van der Waals surface area contributed by atoms with Crippen LogP contribution in [0.3, 0.4) is 0 Å². The second-order valence-electron chi connectivity index (χ2n) is 12.5. The topological polar surface area (TPSA) is 8.17 Å². The lowest BCUT2D eigenvalue weighted by Gasteiger charge is -2.42. The van der Waals surface area contributed by atoms with E-state index in [0.29, 0.717) is 0 Å². The van der Waals surface area contributed by atoms with Gasteiger partial charge in [-0.3, -0.25) is 0 Å². The lowest BCUT2D eigenvalue weighted by molar-refractivity contribution is 0.632. The summed E-state index contributed by atoms with van der Waals surface area (Å²) in [6, 6.07) is 47.6. The van der Waals surface area contributed by atoms with Gasteiger partial charge in [-0.1, -0.05) is 105 Å². The van der Waals surface area contributed by atoms with Crippen LogP contribution < -0.4 is 15.8 Å². The van der Waals surface area contributed by atoms with Gasteiger partial charge in [-0.25, -0.2) is 0 Å². The molecule has 7 aromatic rings. The van der Waals surface area contributed by atoms with E-state index in [1.165, 1.54) is 83.2 Å². The van der Waals surface area contributed by atoms with Crippen molar-refractivity contribution in [2.45, 2.75) is 19.3 Å². The molecule has 0 atom stereocenters. The molecule has 0 saturated carbocycles. The normalized spacial score (nSPS) is 15.0. The average Bonchev–Trinajstić information content (AvgIpc) is 3.53. The van der Waals surface area contributed by atoms with Crippen molar-refractivity contribution in [1.29, 1.82) is 0 Å². The predicted molar refractivity (Wildman–Crippen MR) is 178 cm³/mol. The Hall–Kier alpha value is -5.02. The molecule has 0 fully saturated rings. The van der Waals surface area contributed by atoms with E-state index in [9.17, 15) is 0 Å². The second-order valence-corrected chi connectivity index (χ2v) is 12.5. The van der Waals surface area contributed by atoms with Crippen LogP contribution in [-0.2, 0) is 5.41 Å². The summed E-state index contributed by atoms with van der Waals surface area (Å²) < 4.78 is 2.64. The Morgan fingerprint density at radius 2 is 1.24 bits per heavy atom. The molecule has 0 unspecified atom stereocenters.